The number of nitrogens with one attached hydrogen (secondary N) is 1. The largest absolute Gasteiger partial charge is 0.490 e. The molecule has 88 valence electrons. The third-order valence-electron chi connectivity index (χ3n) is 2.78. The molecule has 0 amide bonds. The molecule has 0 saturated heterocycles. The Balaban J connectivity index is 2.31. The summed E-state index contributed by atoms with van der Waals surface area (Å²) in [5.74, 6) is 1.04. The Morgan fingerprint density at radius 2 is 2.19 bits per heavy atom. The van der Waals surface area contributed by atoms with Crippen LogP contribution in [0.2, 0.25) is 0 Å². The molecule has 3 heteroatoms. The minimum absolute atomic E-state index is 0.295. The van der Waals surface area contributed by atoms with Crippen LogP contribution in [0.15, 0.2) is 18.2 Å². The molecule has 2 nitrogen and oxygen atoms in total. The van der Waals surface area contributed by atoms with Gasteiger partial charge in [0.05, 0.1) is 6.10 Å². The summed E-state index contributed by atoms with van der Waals surface area (Å²) in [5.41, 5.74) is 1.30. The maximum Gasteiger partial charge on any atom is 0.124 e. The number of rotatable bonds is 2. The molecule has 1 aliphatic rings. The summed E-state index contributed by atoms with van der Waals surface area (Å²) in [6, 6.07) is 7.34. The van der Waals surface area contributed by atoms with Crippen LogP contribution in [0.3, 0.4) is 0 Å². The maximum absolute atomic E-state index is 5.86. The highest BCUT2D eigenvalue weighted by Crippen LogP contribution is 2.35. The van der Waals surface area contributed by atoms with E-state index in [-0.39, 0.29) is 0 Å². The van der Waals surface area contributed by atoms with Gasteiger partial charge in [-0.15, -0.1) is 0 Å². The average molecular weight is 331 g/mol. The molecule has 0 aliphatic carbocycles. The molecular weight excluding hydrogens is 313 g/mol. The van der Waals surface area contributed by atoms with Crippen LogP contribution in [0.25, 0.3) is 0 Å². The fraction of sp³-hybridized carbons (Fsp3) is 0.538. The normalized spacial score (nSPS) is 24.1. The highest BCUT2D eigenvalue weighted by atomic mass is 127. The Bertz CT molecular complexity index is 378. The molecular formula is C13H18INO. The van der Waals surface area contributed by atoms with Gasteiger partial charge in [0, 0.05) is 27.6 Å². The van der Waals surface area contributed by atoms with Crippen LogP contribution in [0.5, 0.6) is 5.75 Å². The highest BCUT2D eigenvalue weighted by molar-refractivity contribution is 14.1. The van der Waals surface area contributed by atoms with Crippen molar-refractivity contribution in [1.82, 2.24) is 5.32 Å². The van der Waals surface area contributed by atoms with E-state index in [9.17, 15) is 0 Å². The first-order valence-corrected chi connectivity index (χ1v) is 6.86. The second-order valence-corrected chi connectivity index (χ2v) is 5.97. The smallest absolute Gasteiger partial charge is 0.124 e. The zero-order valence-electron chi connectivity index (χ0n) is 9.96. The van der Waals surface area contributed by atoms with Crippen LogP contribution in [-0.4, -0.2) is 12.1 Å². The Hall–Kier alpha value is -0.290. The van der Waals surface area contributed by atoms with E-state index < -0.39 is 0 Å². The molecule has 0 radical (unpaired) electrons. The molecule has 1 aromatic rings. The summed E-state index contributed by atoms with van der Waals surface area (Å²) in [7, 11) is 0. The average Bonchev–Trinajstić information content (AvgIpc) is 2.18. The Morgan fingerprint density at radius 3 is 2.88 bits per heavy atom. The van der Waals surface area contributed by atoms with Gasteiger partial charge in [0.2, 0.25) is 0 Å². The lowest BCUT2D eigenvalue weighted by Gasteiger charge is -2.32. The van der Waals surface area contributed by atoms with Crippen LogP contribution >= 0.6 is 22.6 Å². The molecule has 16 heavy (non-hydrogen) atoms. The first-order chi connectivity index (χ1) is 7.56. The lowest BCUT2D eigenvalue weighted by atomic mass is 9.96. The Morgan fingerprint density at radius 1 is 1.44 bits per heavy atom. The minimum atomic E-state index is 0.295. The molecule has 1 aromatic carbocycles. The topological polar surface area (TPSA) is 21.3 Å². The molecule has 1 N–H and O–H groups in total. The molecule has 2 rings (SSSR count). The monoisotopic (exact) mass is 331 g/mol. The Labute approximate surface area is 111 Å². The van der Waals surface area contributed by atoms with Crippen molar-refractivity contribution in [2.75, 3.05) is 0 Å². The van der Waals surface area contributed by atoms with Crippen molar-refractivity contribution in [1.29, 1.82) is 0 Å². The van der Waals surface area contributed by atoms with E-state index in [2.05, 4.69) is 66.9 Å². The lowest BCUT2D eigenvalue weighted by Crippen LogP contribution is -2.35. The lowest BCUT2D eigenvalue weighted by molar-refractivity contribution is 0.163. The van der Waals surface area contributed by atoms with Crippen molar-refractivity contribution in [3.8, 4) is 5.75 Å². The van der Waals surface area contributed by atoms with Gasteiger partial charge in [-0.05, 0) is 47.7 Å². The number of hydrogen-bond acceptors (Lipinski definition) is 2. The van der Waals surface area contributed by atoms with Gasteiger partial charge in [0.25, 0.3) is 0 Å². The SMILES string of the molecule is CC(C)NC1CC(C)Oc2ccc(I)cc21. The van der Waals surface area contributed by atoms with Crippen LogP contribution in [0.4, 0.5) is 0 Å². The predicted molar refractivity (Wildman–Crippen MR) is 74.9 cm³/mol. The third-order valence-corrected chi connectivity index (χ3v) is 3.45. The molecule has 0 bridgehead atoms. The highest BCUT2D eigenvalue weighted by Gasteiger charge is 2.26. The van der Waals surface area contributed by atoms with Gasteiger partial charge < -0.3 is 10.1 Å². The van der Waals surface area contributed by atoms with Gasteiger partial charge in [-0.3, -0.25) is 0 Å². The maximum atomic E-state index is 5.86. The van der Waals surface area contributed by atoms with Gasteiger partial charge in [-0.2, -0.15) is 0 Å². The van der Waals surface area contributed by atoms with Gasteiger partial charge in [-0.25, -0.2) is 0 Å². The fourth-order valence-electron chi connectivity index (χ4n) is 2.18. The van der Waals surface area contributed by atoms with Crippen LogP contribution in [0.1, 0.15) is 38.8 Å². The van der Waals surface area contributed by atoms with Gasteiger partial charge in [0.1, 0.15) is 5.75 Å². The molecule has 0 spiro atoms. The van der Waals surface area contributed by atoms with E-state index in [0.29, 0.717) is 18.2 Å². The number of hydrogen-bond donors (Lipinski definition) is 1. The van der Waals surface area contributed by atoms with Crippen molar-refractivity contribution >= 4 is 22.6 Å². The number of ether oxygens (including phenoxy) is 1. The summed E-state index contributed by atoms with van der Waals surface area (Å²) in [5, 5.41) is 3.61. The molecule has 1 heterocycles. The number of fused-ring (bicyclic) bond motifs is 1. The molecule has 2 atom stereocenters. The zero-order chi connectivity index (χ0) is 11.7. The predicted octanol–water partition coefficient (Wildman–Crippen LogP) is 3.50. The van der Waals surface area contributed by atoms with E-state index in [4.69, 9.17) is 4.74 Å². The van der Waals surface area contributed by atoms with Gasteiger partial charge in [-0.1, -0.05) is 13.8 Å². The summed E-state index contributed by atoms with van der Waals surface area (Å²) in [6.07, 6.45) is 1.34. The van der Waals surface area contributed by atoms with Gasteiger partial charge in [0.15, 0.2) is 0 Å². The molecule has 2 unspecified atom stereocenters. The van der Waals surface area contributed by atoms with Crippen molar-refractivity contribution in [3.63, 3.8) is 0 Å². The first-order valence-electron chi connectivity index (χ1n) is 5.78. The Kier molecular flexibility index (Phi) is 3.74. The number of halogens is 1. The standard InChI is InChI=1S/C13H18INO/c1-8(2)15-12-6-9(3)16-13-5-4-10(14)7-11(12)13/h4-5,7-9,12,15H,6H2,1-3H3. The molecule has 0 aromatic heterocycles. The van der Waals surface area contributed by atoms with Gasteiger partial charge >= 0.3 is 0 Å². The molecule has 0 saturated carbocycles. The summed E-state index contributed by atoms with van der Waals surface area (Å²) in [4.78, 5) is 0. The first kappa shape index (κ1) is 12.2. The third kappa shape index (κ3) is 2.69. The summed E-state index contributed by atoms with van der Waals surface area (Å²) < 4.78 is 7.12. The van der Waals surface area contributed by atoms with Crippen molar-refractivity contribution in [2.45, 2.75) is 45.4 Å². The van der Waals surface area contributed by atoms with E-state index in [1.54, 1.807) is 0 Å². The van der Waals surface area contributed by atoms with E-state index >= 15 is 0 Å². The van der Waals surface area contributed by atoms with Crippen molar-refractivity contribution < 1.29 is 4.74 Å². The second-order valence-electron chi connectivity index (χ2n) is 4.72. The quantitative estimate of drug-likeness (QED) is 0.838. The van der Waals surface area contributed by atoms with Crippen LogP contribution < -0.4 is 10.1 Å². The summed E-state index contributed by atoms with van der Waals surface area (Å²) >= 11 is 2.35. The fourth-order valence-corrected chi connectivity index (χ4v) is 2.70. The minimum Gasteiger partial charge on any atom is -0.490 e. The second kappa shape index (κ2) is 4.92. The van der Waals surface area contributed by atoms with E-state index in [1.807, 2.05) is 0 Å². The zero-order valence-corrected chi connectivity index (χ0v) is 12.1. The van der Waals surface area contributed by atoms with Crippen molar-refractivity contribution in [2.24, 2.45) is 0 Å². The van der Waals surface area contributed by atoms with Crippen LogP contribution in [0, 0.1) is 3.57 Å². The molecule has 1 aliphatic heterocycles. The van der Waals surface area contributed by atoms with E-state index in [1.165, 1.54) is 9.13 Å². The van der Waals surface area contributed by atoms with Crippen molar-refractivity contribution in [3.05, 3.63) is 27.3 Å². The van der Waals surface area contributed by atoms with Crippen LogP contribution in [-0.2, 0) is 0 Å². The molecule has 0 fully saturated rings. The van der Waals surface area contributed by atoms with E-state index in [0.717, 1.165) is 12.2 Å². The summed E-state index contributed by atoms with van der Waals surface area (Å²) in [6.45, 7) is 6.51. The number of benzene rings is 1.